The van der Waals surface area contributed by atoms with Gasteiger partial charge in [-0.1, -0.05) is 287 Å². The van der Waals surface area contributed by atoms with Crippen LogP contribution in [0.3, 0.4) is 0 Å². The first-order valence-corrected chi connectivity index (χ1v) is 32.4. The summed E-state index contributed by atoms with van der Waals surface area (Å²) in [7, 11) is 0. The molecular weight excluding hydrogens is 899 g/mol. The Balaban J connectivity index is 3.50. The zero-order valence-electron chi connectivity index (χ0n) is 48.9. The average molecular weight is 1020 g/mol. The molecule has 0 fully saturated rings. The molecule has 0 aliphatic heterocycles. The van der Waals surface area contributed by atoms with E-state index in [0.717, 1.165) is 70.6 Å². The van der Waals surface area contributed by atoms with Gasteiger partial charge in [-0.3, -0.25) is 9.59 Å². The number of rotatable bonds is 60. The number of carbonyl (C=O) groups is 2. The van der Waals surface area contributed by atoms with Crippen LogP contribution in [0.15, 0.2) is 48.6 Å². The largest absolute Gasteiger partial charge is 0.466 e. The Morgan fingerprint density at radius 3 is 1.07 bits per heavy atom. The van der Waals surface area contributed by atoms with E-state index in [4.69, 9.17) is 4.74 Å². The molecule has 0 spiro atoms. The van der Waals surface area contributed by atoms with Crippen LogP contribution in [0.2, 0.25) is 0 Å². The highest BCUT2D eigenvalue weighted by atomic mass is 16.5. The number of aliphatic hydroxyl groups is 2. The van der Waals surface area contributed by atoms with E-state index in [1.807, 2.05) is 6.08 Å². The van der Waals surface area contributed by atoms with Crippen molar-refractivity contribution in [3.05, 3.63) is 48.6 Å². The van der Waals surface area contributed by atoms with Crippen molar-refractivity contribution in [2.75, 3.05) is 13.2 Å². The number of ether oxygens (including phenoxy) is 1. The highest BCUT2D eigenvalue weighted by Gasteiger charge is 2.18. The Bertz CT molecular complexity index is 1230. The van der Waals surface area contributed by atoms with Gasteiger partial charge in [0.15, 0.2) is 0 Å². The maximum atomic E-state index is 12.5. The third-order valence-corrected chi connectivity index (χ3v) is 14.8. The minimum atomic E-state index is -0.858. The minimum Gasteiger partial charge on any atom is -0.466 e. The average Bonchev–Trinajstić information content (AvgIpc) is 3.39. The van der Waals surface area contributed by atoms with Crippen molar-refractivity contribution < 1.29 is 24.5 Å². The molecule has 6 nitrogen and oxygen atoms in total. The van der Waals surface area contributed by atoms with Gasteiger partial charge >= 0.3 is 5.97 Å². The molecule has 1 amide bonds. The minimum absolute atomic E-state index is 0.0171. The first kappa shape index (κ1) is 70.8. The van der Waals surface area contributed by atoms with Gasteiger partial charge < -0.3 is 20.3 Å². The van der Waals surface area contributed by atoms with Gasteiger partial charge in [0, 0.05) is 12.8 Å². The third-order valence-electron chi connectivity index (χ3n) is 14.8. The second-order valence-electron chi connectivity index (χ2n) is 22.1. The summed E-state index contributed by atoms with van der Waals surface area (Å²) in [6, 6.07) is -0.643. The Morgan fingerprint density at radius 2 is 0.685 bits per heavy atom. The Labute approximate surface area is 455 Å². The summed E-state index contributed by atoms with van der Waals surface area (Å²) in [5.74, 6) is -0.100. The maximum Gasteiger partial charge on any atom is 0.305 e. The van der Waals surface area contributed by atoms with E-state index in [1.165, 1.54) is 244 Å². The summed E-state index contributed by atoms with van der Waals surface area (Å²) in [5.41, 5.74) is 0. The number of hydrogen-bond acceptors (Lipinski definition) is 5. The van der Waals surface area contributed by atoms with Crippen LogP contribution >= 0.6 is 0 Å². The number of nitrogens with one attached hydrogen (secondary N) is 1. The molecule has 0 aromatic heterocycles. The van der Waals surface area contributed by atoms with Crippen LogP contribution in [0.1, 0.15) is 341 Å². The Morgan fingerprint density at radius 1 is 0.384 bits per heavy atom. The second-order valence-corrected chi connectivity index (χ2v) is 22.1. The fourth-order valence-electron chi connectivity index (χ4n) is 9.84. The normalized spacial score (nSPS) is 12.9. The molecule has 0 aliphatic carbocycles. The van der Waals surface area contributed by atoms with Crippen molar-refractivity contribution in [1.82, 2.24) is 5.32 Å². The summed E-state index contributed by atoms with van der Waals surface area (Å²) < 4.78 is 5.47. The maximum absolute atomic E-state index is 12.5. The van der Waals surface area contributed by atoms with Gasteiger partial charge in [0.25, 0.3) is 0 Å². The van der Waals surface area contributed by atoms with Gasteiger partial charge in [0.2, 0.25) is 5.91 Å². The van der Waals surface area contributed by atoms with Crippen LogP contribution in [-0.2, 0) is 14.3 Å². The van der Waals surface area contributed by atoms with Crippen molar-refractivity contribution in [2.24, 2.45) is 0 Å². The van der Waals surface area contributed by atoms with Crippen molar-refractivity contribution in [1.29, 1.82) is 0 Å². The SMILES string of the molecule is CCCCCC/C=C\C/C=C\CCCCCCCC(=O)OCCCCCCCCC/C=C\CCCCCCCC(=O)NC(CO)C(O)/C=C/CCCCCCCCCCCCCCCCCCCCCCCC. The summed E-state index contributed by atoms with van der Waals surface area (Å²) in [5, 5.41) is 23.2. The molecule has 0 aromatic rings. The predicted molar refractivity (Wildman–Crippen MR) is 319 cm³/mol. The lowest BCUT2D eigenvalue weighted by molar-refractivity contribution is -0.143. The van der Waals surface area contributed by atoms with Crippen molar-refractivity contribution in [3.63, 3.8) is 0 Å². The lowest BCUT2D eigenvalue weighted by atomic mass is 10.0. The fraction of sp³-hybridized carbons (Fsp3) is 0.851. The van der Waals surface area contributed by atoms with Gasteiger partial charge in [-0.2, -0.15) is 0 Å². The molecule has 0 radical (unpaired) electrons. The van der Waals surface area contributed by atoms with E-state index in [2.05, 4.69) is 55.6 Å². The van der Waals surface area contributed by atoms with Gasteiger partial charge in [-0.05, 0) is 89.9 Å². The third kappa shape index (κ3) is 58.9. The molecule has 428 valence electrons. The molecule has 3 N–H and O–H groups in total. The topological polar surface area (TPSA) is 95.9 Å². The predicted octanol–water partition coefficient (Wildman–Crippen LogP) is 20.5. The van der Waals surface area contributed by atoms with E-state index < -0.39 is 12.1 Å². The standard InChI is InChI=1S/C67H125NO5/c1-3-5-7-9-11-13-15-17-19-21-22-23-24-25-26-27-28-31-35-39-43-47-51-55-59-65(70)64(63-69)68-66(71)60-56-52-48-44-40-36-32-29-30-34-38-42-46-50-54-58-62-73-67(72)61-57-53-49-45-41-37-33-20-18-16-14-12-10-8-6-4-2/h14,16,20,29,32-33,55,59,64-65,69-70H,3-13,15,17-19,21-28,30-31,34-54,56-58,60-63H2,1-2H3,(H,68,71)/b16-14-,32-29-,33-20-,59-55+. The van der Waals surface area contributed by atoms with Crippen LogP contribution in [0.5, 0.6) is 0 Å². The van der Waals surface area contributed by atoms with Crippen molar-refractivity contribution in [3.8, 4) is 0 Å². The molecule has 0 bridgehead atoms. The Kier molecular flexibility index (Phi) is 60.5. The molecule has 2 unspecified atom stereocenters. The summed E-state index contributed by atoms with van der Waals surface area (Å²) in [4.78, 5) is 24.6. The van der Waals surface area contributed by atoms with Crippen LogP contribution in [0.4, 0.5) is 0 Å². The smallest absolute Gasteiger partial charge is 0.305 e. The van der Waals surface area contributed by atoms with Gasteiger partial charge in [-0.25, -0.2) is 0 Å². The molecule has 0 aromatic carbocycles. The van der Waals surface area contributed by atoms with Gasteiger partial charge in [0.05, 0.1) is 25.4 Å². The van der Waals surface area contributed by atoms with Crippen LogP contribution < -0.4 is 5.32 Å². The van der Waals surface area contributed by atoms with Gasteiger partial charge in [0.1, 0.15) is 0 Å². The molecule has 0 saturated carbocycles. The van der Waals surface area contributed by atoms with Crippen LogP contribution in [-0.4, -0.2) is 47.4 Å². The summed E-state index contributed by atoms with van der Waals surface area (Å²) in [6.45, 7) is 4.87. The van der Waals surface area contributed by atoms with Crippen LogP contribution in [0, 0.1) is 0 Å². The fourth-order valence-corrected chi connectivity index (χ4v) is 9.84. The lowest BCUT2D eigenvalue weighted by Gasteiger charge is -2.20. The number of aliphatic hydroxyl groups excluding tert-OH is 2. The molecule has 0 heterocycles. The summed E-state index contributed by atoms with van der Waals surface area (Å²) in [6.07, 6.45) is 80.1. The quantitative estimate of drug-likeness (QED) is 0.0320. The van der Waals surface area contributed by atoms with Gasteiger partial charge in [-0.15, -0.1) is 0 Å². The molecule has 0 aliphatic rings. The molecular formula is C67H125NO5. The molecule has 0 rings (SSSR count). The summed E-state index contributed by atoms with van der Waals surface area (Å²) >= 11 is 0. The highest BCUT2D eigenvalue weighted by Crippen LogP contribution is 2.17. The van der Waals surface area contributed by atoms with Crippen molar-refractivity contribution >= 4 is 11.9 Å². The first-order valence-electron chi connectivity index (χ1n) is 32.4. The molecule has 2 atom stereocenters. The van der Waals surface area contributed by atoms with Crippen LogP contribution in [0.25, 0.3) is 0 Å². The zero-order valence-corrected chi connectivity index (χ0v) is 48.9. The first-order chi connectivity index (χ1) is 36.0. The van der Waals surface area contributed by atoms with E-state index in [1.54, 1.807) is 6.08 Å². The Hall–Kier alpha value is -2.18. The van der Waals surface area contributed by atoms with E-state index in [0.29, 0.717) is 19.4 Å². The number of unbranched alkanes of at least 4 members (excludes halogenated alkanes) is 43. The number of hydrogen-bond donors (Lipinski definition) is 3. The number of amides is 1. The molecule has 0 saturated heterocycles. The second kappa shape index (κ2) is 62.4. The van der Waals surface area contributed by atoms with E-state index in [-0.39, 0.29) is 18.5 Å². The van der Waals surface area contributed by atoms with E-state index in [9.17, 15) is 19.8 Å². The highest BCUT2D eigenvalue weighted by molar-refractivity contribution is 5.76. The number of carbonyl (C=O) groups excluding carboxylic acids is 2. The molecule has 73 heavy (non-hydrogen) atoms. The zero-order chi connectivity index (χ0) is 52.9. The van der Waals surface area contributed by atoms with Crippen molar-refractivity contribution in [2.45, 2.75) is 353 Å². The lowest BCUT2D eigenvalue weighted by Crippen LogP contribution is -2.45. The van der Waals surface area contributed by atoms with E-state index >= 15 is 0 Å². The monoisotopic (exact) mass is 1020 g/mol. The number of esters is 1. The number of allylic oxidation sites excluding steroid dienone is 7. The molecule has 6 heteroatoms.